The molecule has 2 N–H and O–H groups in total. The monoisotopic (exact) mass is 403 g/mol. The maximum atomic E-state index is 12.5. The van der Waals surface area contributed by atoms with Crippen LogP contribution in [0, 0.1) is 6.92 Å². The van der Waals surface area contributed by atoms with Crippen molar-refractivity contribution >= 4 is 21.6 Å². The predicted octanol–water partition coefficient (Wildman–Crippen LogP) is 3.14. The normalized spacial score (nSPS) is 16.5. The third-order valence-corrected chi connectivity index (χ3v) is 6.10. The summed E-state index contributed by atoms with van der Waals surface area (Å²) in [6.07, 6.45) is 2.89. The van der Waals surface area contributed by atoms with Crippen LogP contribution in [-0.4, -0.2) is 26.1 Å². The smallest absolute Gasteiger partial charge is 0.287 e. The molecule has 1 aliphatic carbocycles. The lowest BCUT2D eigenvalue weighted by Crippen LogP contribution is -2.32. The second kappa shape index (κ2) is 8.18. The minimum absolute atomic E-state index is 0.0415. The van der Waals surface area contributed by atoms with E-state index >= 15 is 0 Å². The highest BCUT2D eigenvalue weighted by molar-refractivity contribution is 7.89. The number of hydrogen-bond donors (Lipinski definition) is 2. The molecule has 1 aromatic heterocycles. The van der Waals surface area contributed by atoms with Gasteiger partial charge >= 0.3 is 0 Å². The molecule has 2 aromatic rings. The first kappa shape index (κ1) is 20.1. The van der Waals surface area contributed by atoms with Crippen molar-refractivity contribution < 1.29 is 17.6 Å². The lowest BCUT2D eigenvalue weighted by Gasteiger charge is -2.14. The third-order valence-electron chi connectivity index (χ3n) is 4.88. The summed E-state index contributed by atoms with van der Waals surface area (Å²) in [6.45, 7) is 5.73. The largest absolute Gasteiger partial charge is 0.455 e. The molecule has 28 heavy (non-hydrogen) atoms. The molecular weight excluding hydrogens is 378 g/mol. The number of carbonyl (C=O) groups excluding carboxylic acids is 1. The summed E-state index contributed by atoms with van der Waals surface area (Å²) in [5.41, 5.74) is 2.01. The van der Waals surface area contributed by atoms with E-state index in [1.54, 1.807) is 25.1 Å². The number of fused-ring (bicyclic) bond motifs is 1. The molecule has 1 atom stereocenters. The van der Waals surface area contributed by atoms with Crippen LogP contribution < -0.4 is 10.1 Å². The Balaban J connectivity index is 1.89. The Morgan fingerprint density at radius 2 is 1.96 bits per heavy atom. The Hall–Kier alpha value is -2.61. The van der Waals surface area contributed by atoms with Crippen molar-refractivity contribution in [1.29, 1.82) is 0 Å². The number of nitrogens with one attached hydrogen (secondary N) is 2. The van der Waals surface area contributed by atoms with Crippen LogP contribution in [0.15, 0.2) is 44.7 Å². The molecule has 3 rings (SSSR count). The lowest BCUT2D eigenvalue weighted by molar-refractivity contribution is 0.0908. The quantitative estimate of drug-likeness (QED) is 0.724. The Bertz CT molecular complexity index is 994. The van der Waals surface area contributed by atoms with Crippen LogP contribution in [-0.2, 0) is 16.4 Å². The van der Waals surface area contributed by atoms with Gasteiger partial charge in [0.25, 0.3) is 15.9 Å². The summed E-state index contributed by atoms with van der Waals surface area (Å²) in [5.74, 6) is 0.687. The highest BCUT2D eigenvalue weighted by atomic mass is 32.2. The molecule has 1 unspecified atom stereocenters. The second-order valence-corrected chi connectivity index (χ2v) is 8.62. The molecule has 1 aliphatic rings. The molecule has 0 radical (unpaired) electrons. The summed E-state index contributed by atoms with van der Waals surface area (Å²) < 4.78 is 30.7. The first-order valence-electron chi connectivity index (χ1n) is 9.40. The zero-order chi connectivity index (χ0) is 20.3. The van der Waals surface area contributed by atoms with E-state index in [1.807, 2.05) is 13.8 Å². The molecule has 1 aromatic carbocycles. The van der Waals surface area contributed by atoms with Gasteiger partial charge in [-0.05, 0) is 45.2 Å². The summed E-state index contributed by atoms with van der Waals surface area (Å²) in [5, 5.41) is 7.07. The Morgan fingerprint density at radius 3 is 2.64 bits per heavy atom. The van der Waals surface area contributed by atoms with E-state index < -0.39 is 10.0 Å². The third kappa shape index (κ3) is 4.11. The van der Waals surface area contributed by atoms with Crippen molar-refractivity contribution in [2.24, 2.45) is 5.10 Å². The number of amides is 1. The molecule has 150 valence electrons. The lowest BCUT2D eigenvalue weighted by atomic mass is 9.93. The number of hydrazone groups is 1. The zero-order valence-corrected chi connectivity index (χ0v) is 17.1. The fourth-order valence-corrected chi connectivity index (χ4v) is 4.01. The molecule has 8 heteroatoms. The summed E-state index contributed by atoms with van der Waals surface area (Å²) in [7, 11) is -3.75. The number of furan rings is 1. The minimum atomic E-state index is -3.75. The SMILES string of the molecule is CCC(C)NC(=O)c1oc2c(c1C)/C(=N/NS(=O)(=O)c1ccccc1)CCC2. The minimum Gasteiger partial charge on any atom is -0.455 e. The zero-order valence-electron chi connectivity index (χ0n) is 16.3. The van der Waals surface area contributed by atoms with Gasteiger partial charge in [-0.15, -0.1) is 0 Å². The number of rotatable bonds is 6. The average molecular weight is 404 g/mol. The Morgan fingerprint density at radius 1 is 1.25 bits per heavy atom. The molecule has 0 saturated heterocycles. The van der Waals surface area contributed by atoms with Gasteiger partial charge in [0.05, 0.1) is 10.6 Å². The molecule has 0 spiro atoms. The van der Waals surface area contributed by atoms with Crippen LogP contribution >= 0.6 is 0 Å². The number of aryl methyl sites for hydroxylation is 1. The van der Waals surface area contributed by atoms with Crippen LogP contribution in [0.2, 0.25) is 0 Å². The van der Waals surface area contributed by atoms with E-state index in [1.165, 1.54) is 12.1 Å². The summed E-state index contributed by atoms with van der Waals surface area (Å²) in [6, 6.07) is 8.12. The maximum absolute atomic E-state index is 12.5. The van der Waals surface area contributed by atoms with Gasteiger partial charge in [-0.25, -0.2) is 0 Å². The van der Waals surface area contributed by atoms with Crippen molar-refractivity contribution in [3.05, 3.63) is 53.0 Å². The van der Waals surface area contributed by atoms with Gasteiger partial charge in [0.15, 0.2) is 5.76 Å². The van der Waals surface area contributed by atoms with E-state index in [9.17, 15) is 13.2 Å². The van der Waals surface area contributed by atoms with E-state index in [4.69, 9.17) is 4.42 Å². The number of carbonyl (C=O) groups is 1. The van der Waals surface area contributed by atoms with Gasteiger partial charge < -0.3 is 9.73 Å². The Labute approximate surface area is 165 Å². The van der Waals surface area contributed by atoms with Crippen molar-refractivity contribution in [3.8, 4) is 0 Å². The van der Waals surface area contributed by atoms with E-state index in [0.717, 1.165) is 18.4 Å². The predicted molar refractivity (Wildman–Crippen MR) is 107 cm³/mol. The van der Waals surface area contributed by atoms with Gasteiger partial charge in [0.1, 0.15) is 5.76 Å². The van der Waals surface area contributed by atoms with Gasteiger partial charge in [0.2, 0.25) is 0 Å². The van der Waals surface area contributed by atoms with Crippen LogP contribution in [0.1, 0.15) is 60.6 Å². The van der Waals surface area contributed by atoms with Crippen molar-refractivity contribution in [2.45, 2.75) is 57.4 Å². The Kier molecular flexibility index (Phi) is 5.88. The molecule has 0 fully saturated rings. The summed E-state index contributed by atoms with van der Waals surface area (Å²) in [4.78, 5) is 15.0. The molecule has 0 bridgehead atoms. The second-order valence-electron chi connectivity index (χ2n) is 6.96. The summed E-state index contributed by atoms with van der Waals surface area (Å²) >= 11 is 0. The number of benzene rings is 1. The van der Waals surface area contributed by atoms with Crippen molar-refractivity contribution in [3.63, 3.8) is 0 Å². The molecule has 0 aliphatic heterocycles. The highest BCUT2D eigenvalue weighted by Gasteiger charge is 2.28. The molecule has 0 saturated carbocycles. The van der Waals surface area contributed by atoms with E-state index in [2.05, 4.69) is 15.2 Å². The fourth-order valence-electron chi connectivity index (χ4n) is 3.16. The fraction of sp³-hybridized carbons (Fsp3) is 0.400. The van der Waals surface area contributed by atoms with Crippen LogP contribution in [0.5, 0.6) is 0 Å². The van der Waals surface area contributed by atoms with Crippen LogP contribution in [0.4, 0.5) is 0 Å². The topological polar surface area (TPSA) is 101 Å². The van der Waals surface area contributed by atoms with Crippen molar-refractivity contribution in [2.75, 3.05) is 0 Å². The van der Waals surface area contributed by atoms with Gasteiger partial charge in [-0.1, -0.05) is 25.1 Å². The standard InChI is InChI=1S/C20H25N3O4S/c1-4-13(2)21-20(24)19-14(3)18-16(11-8-12-17(18)27-19)22-23-28(25,26)15-9-6-5-7-10-15/h5-7,9-10,13,23H,4,8,11-12H2,1-3H3,(H,21,24)/b22-16+. The van der Waals surface area contributed by atoms with E-state index in [0.29, 0.717) is 29.9 Å². The first-order chi connectivity index (χ1) is 13.3. The molecule has 1 heterocycles. The highest BCUT2D eigenvalue weighted by Crippen LogP contribution is 2.30. The molecular formula is C20H25N3O4S. The van der Waals surface area contributed by atoms with Crippen LogP contribution in [0.25, 0.3) is 0 Å². The van der Waals surface area contributed by atoms with Crippen LogP contribution in [0.3, 0.4) is 0 Å². The van der Waals surface area contributed by atoms with Gasteiger partial charge in [0, 0.05) is 23.6 Å². The first-order valence-corrected chi connectivity index (χ1v) is 10.9. The molecule has 7 nitrogen and oxygen atoms in total. The number of hydrogen-bond acceptors (Lipinski definition) is 5. The number of sulfonamides is 1. The van der Waals surface area contributed by atoms with Gasteiger partial charge in [-0.2, -0.15) is 18.4 Å². The van der Waals surface area contributed by atoms with Gasteiger partial charge in [-0.3, -0.25) is 4.79 Å². The van der Waals surface area contributed by atoms with E-state index in [-0.39, 0.29) is 22.6 Å². The van der Waals surface area contributed by atoms with Crippen molar-refractivity contribution in [1.82, 2.24) is 10.1 Å². The molecule has 1 amide bonds. The maximum Gasteiger partial charge on any atom is 0.287 e. The average Bonchev–Trinajstić information content (AvgIpc) is 3.04. The number of nitrogens with zero attached hydrogens (tertiary/aromatic N) is 1.